The highest BCUT2D eigenvalue weighted by molar-refractivity contribution is 7.89. The van der Waals surface area contributed by atoms with Gasteiger partial charge in [0.1, 0.15) is 5.82 Å². The molecule has 7 nitrogen and oxygen atoms in total. The van der Waals surface area contributed by atoms with Crippen LogP contribution in [0.3, 0.4) is 0 Å². The molecule has 1 atom stereocenters. The van der Waals surface area contributed by atoms with E-state index in [4.69, 9.17) is 0 Å². The Morgan fingerprint density at radius 3 is 2.36 bits per heavy atom. The summed E-state index contributed by atoms with van der Waals surface area (Å²) < 4.78 is 42.4. The molecule has 39 heavy (non-hydrogen) atoms. The number of rotatable bonds is 11. The molecule has 0 radical (unpaired) electrons. The average Bonchev–Trinajstić information content (AvgIpc) is 3.29. The van der Waals surface area contributed by atoms with E-state index < -0.39 is 33.5 Å². The molecule has 0 fully saturated rings. The van der Waals surface area contributed by atoms with E-state index in [1.54, 1.807) is 0 Å². The molecule has 3 aromatic carbocycles. The quantitative estimate of drug-likeness (QED) is 0.326. The Bertz CT molecular complexity index is 1430. The normalized spacial score (nSPS) is 14.9. The van der Waals surface area contributed by atoms with E-state index in [9.17, 15) is 27.8 Å². The van der Waals surface area contributed by atoms with Gasteiger partial charge in [0.05, 0.1) is 16.6 Å². The van der Waals surface area contributed by atoms with Crippen LogP contribution < -0.4 is 5.32 Å². The highest BCUT2D eigenvalue weighted by atomic mass is 32.2. The molecule has 208 valence electrons. The van der Waals surface area contributed by atoms with Gasteiger partial charge in [-0.25, -0.2) is 17.6 Å². The summed E-state index contributed by atoms with van der Waals surface area (Å²) in [7, 11) is -2.61. The van der Waals surface area contributed by atoms with Crippen molar-refractivity contribution in [3.63, 3.8) is 0 Å². The van der Waals surface area contributed by atoms with Gasteiger partial charge in [-0.05, 0) is 73.9 Å². The first-order chi connectivity index (χ1) is 18.4. The second-order valence-electron chi connectivity index (χ2n) is 11.0. The molecule has 0 bridgehead atoms. The second-order valence-corrected chi connectivity index (χ2v) is 13.0. The first-order valence-electron chi connectivity index (χ1n) is 13.0. The predicted molar refractivity (Wildman–Crippen MR) is 149 cm³/mol. The number of fused-ring (bicyclic) bond motifs is 1. The van der Waals surface area contributed by atoms with Crippen molar-refractivity contribution >= 4 is 16.0 Å². The Balaban J connectivity index is 1.37. The number of nitrogens with zero attached hydrogens (tertiary/aromatic N) is 1. The number of nitrogens with one attached hydrogen (secondary N) is 1. The minimum atomic E-state index is -4.00. The molecule has 1 aliphatic carbocycles. The molecule has 1 aliphatic rings. The van der Waals surface area contributed by atoms with E-state index in [0.29, 0.717) is 5.92 Å². The van der Waals surface area contributed by atoms with Crippen molar-refractivity contribution in [2.45, 2.75) is 49.6 Å². The Morgan fingerprint density at radius 2 is 1.72 bits per heavy atom. The Hall–Kier alpha value is -3.11. The molecule has 0 spiro atoms. The van der Waals surface area contributed by atoms with Crippen molar-refractivity contribution in [3.05, 3.63) is 89.2 Å². The molecule has 3 aromatic rings. The van der Waals surface area contributed by atoms with Gasteiger partial charge < -0.3 is 15.5 Å². The van der Waals surface area contributed by atoms with Gasteiger partial charge >= 0.3 is 5.97 Å². The SMILES string of the molecule is CN(C[C@H](O)CNC(C)(C)CC1Cc2ccccc2C1)S(=O)(=O)c1cccc(-c2cccc(C(=O)O)c2F)c1. The number of carboxylic acids is 1. The number of likely N-dealkylation sites (N-methyl/N-ethyl adjacent to an activating group) is 1. The second kappa shape index (κ2) is 11.6. The van der Waals surface area contributed by atoms with Crippen LogP contribution in [0.1, 0.15) is 41.8 Å². The Kier molecular flexibility index (Phi) is 8.56. The van der Waals surface area contributed by atoms with E-state index in [1.165, 1.54) is 54.6 Å². The van der Waals surface area contributed by atoms with Crippen LogP contribution in [0.25, 0.3) is 11.1 Å². The van der Waals surface area contributed by atoms with E-state index >= 15 is 0 Å². The van der Waals surface area contributed by atoms with Crippen LogP contribution in [0, 0.1) is 11.7 Å². The minimum Gasteiger partial charge on any atom is -0.478 e. The van der Waals surface area contributed by atoms with Crippen LogP contribution in [0.4, 0.5) is 4.39 Å². The van der Waals surface area contributed by atoms with E-state index in [0.717, 1.165) is 29.6 Å². The van der Waals surface area contributed by atoms with Gasteiger partial charge in [-0.1, -0.05) is 48.5 Å². The fourth-order valence-electron chi connectivity index (χ4n) is 5.37. The Morgan fingerprint density at radius 1 is 1.08 bits per heavy atom. The number of carboxylic acid groups (broad SMARTS) is 1. The van der Waals surface area contributed by atoms with Gasteiger partial charge in [0.15, 0.2) is 0 Å². The molecule has 0 saturated carbocycles. The number of β-amino-alcohol motifs (C(OH)–C–C–N with tert-alkyl or cyclic N) is 1. The van der Waals surface area contributed by atoms with Crippen molar-refractivity contribution in [3.8, 4) is 11.1 Å². The summed E-state index contributed by atoms with van der Waals surface area (Å²) in [5, 5.41) is 23.3. The smallest absolute Gasteiger partial charge is 0.338 e. The summed E-state index contributed by atoms with van der Waals surface area (Å²) in [6.45, 7) is 4.27. The summed E-state index contributed by atoms with van der Waals surface area (Å²) in [4.78, 5) is 11.2. The molecular formula is C30H35FN2O5S. The first kappa shape index (κ1) is 28.9. The maximum atomic E-state index is 14.8. The molecule has 9 heteroatoms. The van der Waals surface area contributed by atoms with Crippen LogP contribution in [-0.2, 0) is 22.9 Å². The van der Waals surface area contributed by atoms with Crippen molar-refractivity contribution in [2.75, 3.05) is 20.1 Å². The summed E-state index contributed by atoms with van der Waals surface area (Å²) in [6.07, 6.45) is 2.05. The number of hydrogen-bond donors (Lipinski definition) is 3. The highest BCUT2D eigenvalue weighted by Gasteiger charge is 2.29. The number of aliphatic hydroxyl groups is 1. The van der Waals surface area contributed by atoms with Gasteiger partial charge in [0.25, 0.3) is 0 Å². The fraction of sp³-hybridized carbons (Fsp3) is 0.367. The van der Waals surface area contributed by atoms with Gasteiger partial charge in [0, 0.05) is 31.2 Å². The average molecular weight is 555 g/mol. The lowest BCUT2D eigenvalue weighted by Crippen LogP contribution is -2.47. The third-order valence-electron chi connectivity index (χ3n) is 7.30. The summed E-state index contributed by atoms with van der Waals surface area (Å²) in [5.74, 6) is -1.83. The minimum absolute atomic E-state index is 0.00794. The summed E-state index contributed by atoms with van der Waals surface area (Å²) >= 11 is 0. The fourth-order valence-corrected chi connectivity index (χ4v) is 6.62. The molecule has 0 unspecified atom stereocenters. The molecule has 0 saturated heterocycles. The molecule has 0 amide bonds. The van der Waals surface area contributed by atoms with Crippen molar-refractivity contribution in [1.82, 2.24) is 9.62 Å². The lowest BCUT2D eigenvalue weighted by molar-refractivity contribution is 0.0692. The number of benzene rings is 3. The molecule has 0 heterocycles. The lowest BCUT2D eigenvalue weighted by atomic mass is 9.88. The topological polar surface area (TPSA) is 107 Å². The first-order valence-corrected chi connectivity index (χ1v) is 14.4. The van der Waals surface area contributed by atoms with Crippen LogP contribution in [-0.4, -0.2) is 60.7 Å². The maximum absolute atomic E-state index is 14.8. The van der Waals surface area contributed by atoms with E-state index in [1.807, 2.05) is 0 Å². The number of sulfonamides is 1. The van der Waals surface area contributed by atoms with Crippen LogP contribution in [0.2, 0.25) is 0 Å². The van der Waals surface area contributed by atoms with Crippen LogP contribution >= 0.6 is 0 Å². The van der Waals surface area contributed by atoms with Crippen LogP contribution in [0.5, 0.6) is 0 Å². The molecular weight excluding hydrogens is 519 g/mol. The summed E-state index contributed by atoms with van der Waals surface area (Å²) in [5.41, 5.74) is 2.29. The third kappa shape index (κ3) is 6.73. The van der Waals surface area contributed by atoms with Gasteiger partial charge in [-0.2, -0.15) is 4.31 Å². The third-order valence-corrected chi connectivity index (χ3v) is 9.12. The number of carbonyl (C=O) groups is 1. The number of hydrogen-bond acceptors (Lipinski definition) is 5. The molecule has 0 aromatic heterocycles. The molecule has 4 rings (SSSR count). The molecule has 0 aliphatic heterocycles. The number of halogens is 1. The zero-order chi connectivity index (χ0) is 28.4. The maximum Gasteiger partial charge on any atom is 0.338 e. The zero-order valence-corrected chi connectivity index (χ0v) is 23.2. The number of aromatic carboxylic acids is 1. The van der Waals surface area contributed by atoms with Gasteiger partial charge in [0.2, 0.25) is 10.0 Å². The van der Waals surface area contributed by atoms with Crippen molar-refractivity contribution in [1.29, 1.82) is 0 Å². The van der Waals surface area contributed by atoms with Gasteiger partial charge in [-0.15, -0.1) is 0 Å². The standard InChI is InChI=1S/C30H35FN2O5S/c1-30(2,17-20-14-21-8-4-5-9-22(21)15-20)32-18-24(34)19-33(3)39(37,38)25-11-6-10-23(16-25)26-12-7-13-27(28(26)31)29(35)36/h4-13,16,20,24,32,34H,14-15,17-19H2,1-3H3,(H,35,36)/t24-/m1/s1. The van der Waals surface area contributed by atoms with Gasteiger partial charge in [-0.3, -0.25) is 0 Å². The predicted octanol–water partition coefficient (Wildman–Crippen LogP) is 4.35. The molecule has 3 N–H and O–H groups in total. The number of aliphatic hydroxyl groups excluding tert-OH is 1. The zero-order valence-electron chi connectivity index (χ0n) is 22.4. The monoisotopic (exact) mass is 554 g/mol. The van der Waals surface area contributed by atoms with E-state index in [-0.39, 0.29) is 34.7 Å². The highest BCUT2D eigenvalue weighted by Crippen LogP contribution is 2.32. The largest absolute Gasteiger partial charge is 0.478 e. The lowest BCUT2D eigenvalue weighted by Gasteiger charge is -2.31. The van der Waals surface area contributed by atoms with Crippen LogP contribution in [0.15, 0.2) is 71.6 Å². The Labute approximate surface area is 229 Å². The van der Waals surface area contributed by atoms with Crippen molar-refractivity contribution < 1.29 is 27.8 Å². The van der Waals surface area contributed by atoms with Crippen molar-refractivity contribution in [2.24, 2.45) is 5.92 Å². The van der Waals surface area contributed by atoms with E-state index in [2.05, 4.69) is 43.4 Å². The summed E-state index contributed by atoms with van der Waals surface area (Å²) in [6, 6.07) is 18.1.